The first-order valence-corrected chi connectivity index (χ1v) is 5.80. The Morgan fingerprint density at radius 3 is 3.00 bits per heavy atom. The predicted octanol–water partition coefficient (Wildman–Crippen LogP) is 1.36. The highest BCUT2D eigenvalue weighted by molar-refractivity contribution is 7.07. The average molecular weight is 213 g/mol. The molecule has 1 aliphatic rings. The Morgan fingerprint density at radius 1 is 1.57 bits per heavy atom. The van der Waals surface area contributed by atoms with Crippen molar-refractivity contribution in [3.05, 3.63) is 5.82 Å². The van der Waals surface area contributed by atoms with E-state index in [1.807, 2.05) is 0 Å². The summed E-state index contributed by atoms with van der Waals surface area (Å²) >= 11 is 1.34. The first kappa shape index (κ1) is 9.86. The van der Waals surface area contributed by atoms with Gasteiger partial charge in [-0.15, -0.1) is 0 Å². The second kappa shape index (κ2) is 4.23. The minimum atomic E-state index is 0.271. The van der Waals surface area contributed by atoms with Crippen LogP contribution in [0.3, 0.4) is 0 Å². The summed E-state index contributed by atoms with van der Waals surface area (Å²) in [4.78, 5) is 4.29. The van der Waals surface area contributed by atoms with Crippen molar-refractivity contribution in [3.63, 3.8) is 0 Å². The van der Waals surface area contributed by atoms with Crippen LogP contribution in [0.15, 0.2) is 0 Å². The molecule has 1 heterocycles. The molecule has 1 aromatic rings. The van der Waals surface area contributed by atoms with E-state index in [4.69, 9.17) is 10.5 Å². The largest absolute Gasteiger partial charge is 0.466 e. The molecule has 4 nitrogen and oxygen atoms in total. The molecule has 0 bridgehead atoms. The summed E-state index contributed by atoms with van der Waals surface area (Å²) in [6.45, 7) is 2.12. The van der Waals surface area contributed by atoms with Gasteiger partial charge in [-0.05, 0) is 19.3 Å². The van der Waals surface area contributed by atoms with Gasteiger partial charge in [0.05, 0.1) is 0 Å². The molecule has 1 aliphatic carbocycles. The minimum Gasteiger partial charge on any atom is -0.466 e. The molecule has 0 amide bonds. The molecule has 78 valence electrons. The summed E-state index contributed by atoms with van der Waals surface area (Å²) in [5, 5.41) is 0.699. The Kier molecular flexibility index (Phi) is 2.98. The molecule has 5 heteroatoms. The third-order valence-electron chi connectivity index (χ3n) is 2.32. The number of hydrogen-bond acceptors (Lipinski definition) is 5. The quantitative estimate of drug-likeness (QED) is 0.820. The first-order chi connectivity index (χ1) is 6.78. The van der Waals surface area contributed by atoms with Gasteiger partial charge in [0.25, 0.3) is 5.19 Å². The SMILES string of the molecule is CCCc1nsc(OC2CC(N)C2)n1. The van der Waals surface area contributed by atoms with E-state index in [2.05, 4.69) is 16.3 Å². The van der Waals surface area contributed by atoms with Gasteiger partial charge in [0.2, 0.25) is 0 Å². The smallest absolute Gasteiger partial charge is 0.293 e. The number of hydrogen-bond donors (Lipinski definition) is 1. The Morgan fingerprint density at radius 2 is 2.36 bits per heavy atom. The van der Waals surface area contributed by atoms with Crippen LogP contribution in [0.4, 0.5) is 0 Å². The zero-order chi connectivity index (χ0) is 9.97. The molecule has 0 radical (unpaired) electrons. The van der Waals surface area contributed by atoms with Crippen molar-refractivity contribution < 1.29 is 4.74 Å². The number of rotatable bonds is 4. The van der Waals surface area contributed by atoms with Gasteiger partial charge in [0.15, 0.2) is 0 Å². The Labute approximate surface area is 87.7 Å². The molecule has 0 unspecified atom stereocenters. The van der Waals surface area contributed by atoms with Gasteiger partial charge >= 0.3 is 0 Å². The molecule has 14 heavy (non-hydrogen) atoms. The van der Waals surface area contributed by atoms with Crippen molar-refractivity contribution in [1.82, 2.24) is 9.36 Å². The fraction of sp³-hybridized carbons (Fsp3) is 0.778. The Balaban J connectivity index is 1.84. The number of nitrogens with two attached hydrogens (primary N) is 1. The molecule has 2 N–H and O–H groups in total. The lowest BCUT2D eigenvalue weighted by Gasteiger charge is -2.31. The van der Waals surface area contributed by atoms with Crippen LogP contribution in [0.2, 0.25) is 0 Å². The van der Waals surface area contributed by atoms with Crippen molar-refractivity contribution in [2.24, 2.45) is 5.73 Å². The number of aromatic nitrogens is 2. The zero-order valence-corrected chi connectivity index (χ0v) is 9.09. The second-order valence-electron chi connectivity index (χ2n) is 3.70. The van der Waals surface area contributed by atoms with Gasteiger partial charge < -0.3 is 10.5 Å². The van der Waals surface area contributed by atoms with Gasteiger partial charge in [-0.1, -0.05) is 6.92 Å². The highest BCUT2D eigenvalue weighted by atomic mass is 32.1. The molecule has 1 saturated carbocycles. The topological polar surface area (TPSA) is 61.0 Å². The zero-order valence-electron chi connectivity index (χ0n) is 8.27. The molecule has 0 atom stereocenters. The number of nitrogens with zero attached hydrogens (tertiary/aromatic N) is 2. The first-order valence-electron chi connectivity index (χ1n) is 5.02. The van der Waals surface area contributed by atoms with Gasteiger partial charge in [0, 0.05) is 24.0 Å². The van der Waals surface area contributed by atoms with Crippen LogP contribution in [-0.4, -0.2) is 21.5 Å². The van der Waals surface area contributed by atoms with E-state index < -0.39 is 0 Å². The molecule has 1 aromatic heterocycles. The lowest BCUT2D eigenvalue weighted by Crippen LogP contribution is -2.43. The average Bonchev–Trinajstić information content (AvgIpc) is 2.51. The van der Waals surface area contributed by atoms with Crippen molar-refractivity contribution in [3.8, 4) is 5.19 Å². The van der Waals surface area contributed by atoms with Gasteiger partial charge in [-0.25, -0.2) is 0 Å². The van der Waals surface area contributed by atoms with E-state index in [1.165, 1.54) is 11.5 Å². The highest BCUT2D eigenvalue weighted by Gasteiger charge is 2.28. The summed E-state index contributed by atoms with van der Waals surface area (Å²) < 4.78 is 9.82. The van der Waals surface area contributed by atoms with Crippen molar-refractivity contribution >= 4 is 11.5 Å². The summed E-state index contributed by atoms with van der Waals surface area (Å²) in [5.74, 6) is 0.899. The lowest BCUT2D eigenvalue weighted by molar-refractivity contribution is 0.100. The third-order valence-corrected chi connectivity index (χ3v) is 2.97. The maximum atomic E-state index is 5.66. The monoisotopic (exact) mass is 213 g/mol. The van der Waals surface area contributed by atoms with Crippen molar-refractivity contribution in [1.29, 1.82) is 0 Å². The van der Waals surface area contributed by atoms with Gasteiger partial charge in [-0.3, -0.25) is 0 Å². The van der Waals surface area contributed by atoms with Crippen LogP contribution in [0, 0.1) is 0 Å². The van der Waals surface area contributed by atoms with Crippen molar-refractivity contribution in [2.75, 3.05) is 0 Å². The standard InChI is InChI=1S/C9H15N3OS/c1-2-3-8-11-9(14-12-8)13-7-4-6(10)5-7/h6-7H,2-5,10H2,1H3. The molecule has 2 rings (SSSR count). The summed E-state index contributed by atoms with van der Waals surface area (Å²) in [6, 6.07) is 0.322. The van der Waals surface area contributed by atoms with Gasteiger partial charge in [0.1, 0.15) is 11.9 Å². The lowest BCUT2D eigenvalue weighted by atomic mass is 9.90. The molecule has 1 fully saturated rings. The Bertz CT molecular complexity index is 296. The molecule has 0 aliphatic heterocycles. The van der Waals surface area contributed by atoms with Crippen molar-refractivity contribution in [2.45, 2.75) is 44.8 Å². The minimum absolute atomic E-state index is 0.271. The number of ether oxygens (including phenoxy) is 1. The summed E-state index contributed by atoms with van der Waals surface area (Å²) in [6.07, 6.45) is 4.17. The van der Waals surface area contributed by atoms with E-state index in [-0.39, 0.29) is 6.10 Å². The van der Waals surface area contributed by atoms with Crippen LogP contribution in [0.5, 0.6) is 5.19 Å². The van der Waals surface area contributed by atoms with E-state index in [0.29, 0.717) is 11.2 Å². The summed E-state index contributed by atoms with van der Waals surface area (Å²) in [7, 11) is 0. The van der Waals surface area contributed by atoms with Crippen LogP contribution in [-0.2, 0) is 6.42 Å². The highest BCUT2D eigenvalue weighted by Crippen LogP contribution is 2.25. The molecule has 0 aromatic carbocycles. The second-order valence-corrected chi connectivity index (χ2v) is 4.41. The third kappa shape index (κ3) is 2.22. The summed E-state index contributed by atoms with van der Waals surface area (Å²) in [5.41, 5.74) is 5.66. The Hall–Kier alpha value is -0.680. The maximum Gasteiger partial charge on any atom is 0.293 e. The van der Waals surface area contributed by atoms with E-state index in [0.717, 1.165) is 31.5 Å². The fourth-order valence-corrected chi connectivity index (χ4v) is 2.10. The van der Waals surface area contributed by atoms with E-state index in [1.54, 1.807) is 0 Å². The van der Waals surface area contributed by atoms with E-state index >= 15 is 0 Å². The van der Waals surface area contributed by atoms with Gasteiger partial charge in [-0.2, -0.15) is 9.36 Å². The fourth-order valence-electron chi connectivity index (χ4n) is 1.46. The molecular weight excluding hydrogens is 198 g/mol. The maximum absolute atomic E-state index is 5.66. The van der Waals surface area contributed by atoms with Crippen LogP contribution in [0.1, 0.15) is 32.0 Å². The normalized spacial score (nSPS) is 25.9. The van der Waals surface area contributed by atoms with Crippen LogP contribution < -0.4 is 10.5 Å². The van der Waals surface area contributed by atoms with Crippen LogP contribution >= 0.6 is 11.5 Å². The van der Waals surface area contributed by atoms with E-state index in [9.17, 15) is 0 Å². The molecular formula is C9H15N3OS. The molecule has 0 saturated heterocycles. The molecule has 0 spiro atoms. The predicted molar refractivity (Wildman–Crippen MR) is 55.5 cm³/mol. The van der Waals surface area contributed by atoms with Crippen LogP contribution in [0.25, 0.3) is 0 Å². The number of aryl methyl sites for hydroxylation is 1.